The molecule has 1 aromatic heterocycles. The van der Waals surface area contributed by atoms with E-state index in [9.17, 15) is 4.79 Å². The van der Waals surface area contributed by atoms with Crippen molar-refractivity contribution in [3.05, 3.63) is 70.4 Å². The summed E-state index contributed by atoms with van der Waals surface area (Å²) in [6.45, 7) is 4.16. The van der Waals surface area contributed by atoms with Gasteiger partial charge in [0.2, 0.25) is 5.91 Å². The van der Waals surface area contributed by atoms with Crippen LogP contribution in [0.15, 0.2) is 42.5 Å². The lowest BCUT2D eigenvalue weighted by Crippen LogP contribution is -2.13. The highest BCUT2D eigenvalue weighted by Crippen LogP contribution is 2.36. The van der Waals surface area contributed by atoms with Crippen LogP contribution in [0.2, 0.25) is 0 Å². The van der Waals surface area contributed by atoms with Gasteiger partial charge >= 0.3 is 0 Å². The lowest BCUT2D eigenvalue weighted by Gasteiger charge is -2.11. The molecular formula is C24H25N3O3S. The Labute approximate surface area is 186 Å². The molecule has 1 N–H and O–H groups in total. The molecule has 31 heavy (non-hydrogen) atoms. The van der Waals surface area contributed by atoms with Crippen molar-refractivity contribution in [2.24, 2.45) is 0 Å². The van der Waals surface area contributed by atoms with Gasteiger partial charge in [-0.1, -0.05) is 12.1 Å². The fourth-order valence-corrected chi connectivity index (χ4v) is 4.51. The second-order valence-electron chi connectivity index (χ2n) is 7.38. The van der Waals surface area contributed by atoms with E-state index in [2.05, 4.69) is 31.3 Å². The lowest BCUT2D eigenvalue weighted by molar-refractivity contribution is -0.111. The molecule has 0 bridgehead atoms. The van der Waals surface area contributed by atoms with Gasteiger partial charge in [-0.25, -0.2) is 4.68 Å². The Morgan fingerprint density at radius 1 is 1.06 bits per heavy atom. The summed E-state index contributed by atoms with van der Waals surface area (Å²) in [7, 11) is 3.18. The van der Waals surface area contributed by atoms with E-state index in [0.29, 0.717) is 11.5 Å². The van der Waals surface area contributed by atoms with E-state index in [-0.39, 0.29) is 5.91 Å². The largest absolute Gasteiger partial charge is 0.493 e. The van der Waals surface area contributed by atoms with Crippen LogP contribution in [0.1, 0.15) is 27.9 Å². The number of hydrogen-bond acceptors (Lipinski definition) is 5. The monoisotopic (exact) mass is 435 g/mol. The molecule has 0 saturated heterocycles. The standard InChI is InChI=1S/C24H25N3O3S/c1-15-5-8-18(11-16(15)2)27-24(19-13-31-14-20(19)26-27)25-23(28)10-7-17-6-9-21(29-3)22(12-17)30-4/h5-12H,13-14H2,1-4H3,(H,25,28). The van der Waals surface area contributed by atoms with Crippen LogP contribution >= 0.6 is 11.8 Å². The third-order valence-electron chi connectivity index (χ3n) is 5.36. The fourth-order valence-electron chi connectivity index (χ4n) is 3.47. The molecule has 0 fully saturated rings. The van der Waals surface area contributed by atoms with Gasteiger partial charge in [-0.15, -0.1) is 0 Å². The van der Waals surface area contributed by atoms with E-state index >= 15 is 0 Å². The molecule has 2 aromatic carbocycles. The highest BCUT2D eigenvalue weighted by Gasteiger charge is 2.24. The molecule has 2 heterocycles. The molecule has 3 aromatic rings. The van der Waals surface area contributed by atoms with Crippen LogP contribution in [0.3, 0.4) is 0 Å². The molecule has 0 radical (unpaired) electrons. The van der Waals surface area contributed by atoms with Crippen molar-refractivity contribution in [2.45, 2.75) is 25.4 Å². The summed E-state index contributed by atoms with van der Waals surface area (Å²) in [6, 6.07) is 11.7. The van der Waals surface area contributed by atoms with Crippen LogP contribution in [-0.2, 0) is 16.3 Å². The van der Waals surface area contributed by atoms with Gasteiger partial charge in [-0.05, 0) is 60.9 Å². The fraction of sp³-hybridized carbons (Fsp3) is 0.250. The van der Waals surface area contributed by atoms with Gasteiger partial charge in [0.25, 0.3) is 0 Å². The maximum atomic E-state index is 12.8. The van der Waals surface area contributed by atoms with Crippen LogP contribution in [0, 0.1) is 13.8 Å². The molecule has 0 unspecified atom stereocenters. The van der Waals surface area contributed by atoms with Crippen molar-refractivity contribution < 1.29 is 14.3 Å². The van der Waals surface area contributed by atoms with Crippen LogP contribution in [0.25, 0.3) is 11.8 Å². The van der Waals surface area contributed by atoms with Crippen molar-refractivity contribution in [1.82, 2.24) is 9.78 Å². The number of rotatable bonds is 6. The maximum absolute atomic E-state index is 12.8. The van der Waals surface area contributed by atoms with Gasteiger partial charge in [0, 0.05) is 23.1 Å². The third-order valence-corrected chi connectivity index (χ3v) is 6.33. The molecule has 1 aliphatic rings. The number of aryl methyl sites for hydroxylation is 2. The first-order valence-corrected chi connectivity index (χ1v) is 11.1. The zero-order valence-corrected chi connectivity index (χ0v) is 18.9. The van der Waals surface area contributed by atoms with Crippen molar-refractivity contribution in [1.29, 1.82) is 0 Å². The zero-order valence-electron chi connectivity index (χ0n) is 18.1. The number of thioether (sulfide) groups is 1. The van der Waals surface area contributed by atoms with Crippen molar-refractivity contribution in [2.75, 3.05) is 19.5 Å². The number of methoxy groups -OCH3 is 2. The quantitative estimate of drug-likeness (QED) is 0.558. The van der Waals surface area contributed by atoms with Gasteiger partial charge in [0.1, 0.15) is 5.82 Å². The van der Waals surface area contributed by atoms with Gasteiger partial charge < -0.3 is 14.8 Å². The Kier molecular flexibility index (Phi) is 6.04. The summed E-state index contributed by atoms with van der Waals surface area (Å²) >= 11 is 1.81. The summed E-state index contributed by atoms with van der Waals surface area (Å²) < 4.78 is 12.4. The molecule has 160 valence electrons. The number of nitrogens with one attached hydrogen (secondary N) is 1. The number of fused-ring (bicyclic) bond motifs is 1. The number of nitrogens with zero attached hydrogens (tertiary/aromatic N) is 2. The number of carbonyl (C=O) groups is 1. The average molecular weight is 436 g/mol. The second-order valence-corrected chi connectivity index (χ2v) is 8.37. The van der Waals surface area contributed by atoms with Crippen molar-refractivity contribution in [3.8, 4) is 17.2 Å². The van der Waals surface area contributed by atoms with Crippen molar-refractivity contribution in [3.63, 3.8) is 0 Å². The van der Waals surface area contributed by atoms with E-state index in [0.717, 1.165) is 39.8 Å². The highest BCUT2D eigenvalue weighted by atomic mass is 32.2. The summed E-state index contributed by atoms with van der Waals surface area (Å²) in [5.41, 5.74) is 6.33. The second kappa shape index (κ2) is 8.89. The lowest BCUT2D eigenvalue weighted by atomic mass is 10.1. The Morgan fingerprint density at radius 2 is 1.87 bits per heavy atom. The molecule has 0 aliphatic carbocycles. The van der Waals surface area contributed by atoms with Crippen LogP contribution in [0.5, 0.6) is 11.5 Å². The Bertz CT molecular complexity index is 1170. The Morgan fingerprint density at radius 3 is 2.61 bits per heavy atom. The van der Waals surface area contributed by atoms with E-state index in [1.807, 2.05) is 40.7 Å². The van der Waals surface area contributed by atoms with E-state index in [1.54, 1.807) is 20.3 Å². The minimum Gasteiger partial charge on any atom is -0.493 e. The molecule has 1 aliphatic heterocycles. The molecule has 4 rings (SSSR count). The van der Waals surface area contributed by atoms with Gasteiger partial charge in [0.05, 0.1) is 25.6 Å². The first-order chi connectivity index (χ1) is 15.0. The molecule has 6 nitrogen and oxygen atoms in total. The van der Waals surface area contributed by atoms with E-state index in [4.69, 9.17) is 14.6 Å². The van der Waals surface area contributed by atoms with Gasteiger partial charge in [-0.2, -0.15) is 16.9 Å². The molecule has 0 spiro atoms. The predicted octanol–water partition coefficient (Wildman–Crippen LogP) is 4.91. The molecule has 0 atom stereocenters. The molecule has 7 heteroatoms. The summed E-state index contributed by atoms with van der Waals surface area (Å²) in [5.74, 6) is 3.50. The zero-order chi connectivity index (χ0) is 22.0. The number of ether oxygens (including phenoxy) is 2. The van der Waals surface area contributed by atoms with Crippen molar-refractivity contribution >= 4 is 29.6 Å². The SMILES string of the molecule is COc1ccc(C=CC(=O)Nc2c3c(nn2-c2ccc(C)c(C)c2)CSC3)cc1OC. The van der Waals surface area contributed by atoms with Gasteiger partial charge in [0.15, 0.2) is 11.5 Å². The summed E-state index contributed by atoms with van der Waals surface area (Å²) in [4.78, 5) is 12.8. The topological polar surface area (TPSA) is 65.4 Å². The van der Waals surface area contributed by atoms with Gasteiger partial charge in [-0.3, -0.25) is 4.79 Å². The molecule has 0 saturated carbocycles. The number of anilines is 1. The Balaban J connectivity index is 1.60. The highest BCUT2D eigenvalue weighted by molar-refractivity contribution is 7.98. The number of aromatic nitrogens is 2. The minimum absolute atomic E-state index is 0.209. The number of hydrogen-bond donors (Lipinski definition) is 1. The van der Waals surface area contributed by atoms with Crippen LogP contribution in [0.4, 0.5) is 5.82 Å². The summed E-state index contributed by atoms with van der Waals surface area (Å²) in [5, 5.41) is 7.82. The van der Waals surface area contributed by atoms with E-state index in [1.165, 1.54) is 17.2 Å². The maximum Gasteiger partial charge on any atom is 0.249 e. The molecular weight excluding hydrogens is 410 g/mol. The summed E-state index contributed by atoms with van der Waals surface area (Å²) in [6.07, 6.45) is 3.27. The smallest absolute Gasteiger partial charge is 0.249 e. The third kappa shape index (κ3) is 4.32. The average Bonchev–Trinajstić information content (AvgIpc) is 3.36. The predicted molar refractivity (Wildman–Crippen MR) is 125 cm³/mol. The van der Waals surface area contributed by atoms with E-state index < -0.39 is 0 Å². The number of amides is 1. The minimum atomic E-state index is -0.209. The first kappa shape index (κ1) is 21.1. The van der Waals surface area contributed by atoms with Crippen LogP contribution < -0.4 is 14.8 Å². The normalized spacial score (nSPS) is 12.8. The first-order valence-electron chi connectivity index (χ1n) is 9.97. The Hall–Kier alpha value is -3.19. The number of carbonyl (C=O) groups excluding carboxylic acids is 1. The van der Waals surface area contributed by atoms with Crippen LogP contribution in [-0.4, -0.2) is 29.9 Å². The number of benzene rings is 2. The molecule has 1 amide bonds.